The molecule has 11 heteroatoms. The molecule has 3 atom stereocenters. The molecule has 184 valence electrons. The number of benzene rings is 2. The second-order valence-electron chi connectivity index (χ2n) is 8.70. The number of ether oxygens (including phenoxy) is 1. The van der Waals surface area contributed by atoms with Crippen LogP contribution >= 0.6 is 11.5 Å². The molecule has 1 N–H and O–H groups in total. The lowest BCUT2D eigenvalue weighted by molar-refractivity contribution is 0.0576. The number of rotatable bonds is 6. The topological polar surface area (TPSA) is 96.8 Å². The van der Waals surface area contributed by atoms with Crippen LogP contribution in [-0.4, -0.2) is 49.1 Å². The molecule has 3 aromatic rings. The maximum atomic E-state index is 13.6. The molecule has 3 heterocycles. The quantitative estimate of drug-likeness (QED) is 0.487. The number of nitrogens with zero attached hydrogens (tertiary/aromatic N) is 4. The van der Waals surface area contributed by atoms with Gasteiger partial charge in [-0.05, 0) is 49.1 Å². The molecular weight excluding hydrogens is 489 g/mol. The number of fused-ring (bicyclic) bond motifs is 1. The van der Waals surface area contributed by atoms with E-state index in [-0.39, 0.29) is 27.9 Å². The minimum absolute atomic E-state index is 0.0567. The number of hydrogen-bond donors (Lipinski definition) is 1. The van der Waals surface area contributed by atoms with Crippen LogP contribution in [0.5, 0.6) is 5.75 Å². The Balaban J connectivity index is 1.45. The van der Waals surface area contributed by atoms with Crippen molar-refractivity contribution in [3.05, 3.63) is 65.7 Å². The molecule has 35 heavy (non-hydrogen) atoms. The standard InChI is InChI=1S/C24H26FN5O3S2/c1-26-14-16-8-10-30(22(12-16)17-2-4-18(25)5-3-17)21-9-11-33-23-13-19(6-7-20(21)23)35(31,32)29-24-27-15-28-34-24/h2-7,13-16,21-22H,8-12H2,1H3,(H,27,28,29)/t16-,21-,22+/m0/s1. The second kappa shape index (κ2) is 10.00. The number of nitrogens with one attached hydrogen (secondary N) is 1. The maximum absolute atomic E-state index is 13.6. The first-order valence-corrected chi connectivity index (χ1v) is 13.7. The molecule has 0 unspecified atom stereocenters. The third kappa shape index (κ3) is 5.07. The van der Waals surface area contributed by atoms with Crippen molar-refractivity contribution in [1.29, 1.82) is 0 Å². The van der Waals surface area contributed by atoms with Crippen LogP contribution in [0.2, 0.25) is 0 Å². The summed E-state index contributed by atoms with van der Waals surface area (Å²) in [5, 5.41) is 0.210. The van der Waals surface area contributed by atoms with Gasteiger partial charge in [-0.25, -0.2) is 17.8 Å². The first-order chi connectivity index (χ1) is 16.9. The number of aliphatic imine (C=N–C) groups is 1. The van der Waals surface area contributed by atoms with Gasteiger partial charge in [0.05, 0.1) is 11.5 Å². The molecule has 8 nitrogen and oxygen atoms in total. The van der Waals surface area contributed by atoms with E-state index in [9.17, 15) is 12.8 Å². The highest BCUT2D eigenvalue weighted by molar-refractivity contribution is 7.93. The number of anilines is 1. The third-order valence-electron chi connectivity index (χ3n) is 6.59. The van der Waals surface area contributed by atoms with E-state index in [0.29, 0.717) is 18.3 Å². The Morgan fingerprint density at radius 3 is 2.77 bits per heavy atom. The normalized spacial score (nSPS) is 23.1. The van der Waals surface area contributed by atoms with Gasteiger partial charge < -0.3 is 9.73 Å². The first-order valence-electron chi connectivity index (χ1n) is 11.4. The van der Waals surface area contributed by atoms with Crippen molar-refractivity contribution < 1.29 is 17.5 Å². The van der Waals surface area contributed by atoms with E-state index in [0.717, 1.165) is 48.5 Å². The van der Waals surface area contributed by atoms with Crippen molar-refractivity contribution in [2.45, 2.75) is 36.2 Å². The Morgan fingerprint density at radius 2 is 2.03 bits per heavy atom. The van der Waals surface area contributed by atoms with Crippen LogP contribution in [0.15, 0.2) is 58.7 Å². The van der Waals surface area contributed by atoms with Crippen LogP contribution in [0.3, 0.4) is 0 Å². The predicted molar refractivity (Wildman–Crippen MR) is 133 cm³/mol. The molecule has 0 aliphatic carbocycles. The van der Waals surface area contributed by atoms with Crippen LogP contribution in [0.1, 0.15) is 42.5 Å². The fourth-order valence-corrected chi connectivity index (χ4v) is 6.67. The highest BCUT2D eigenvalue weighted by Gasteiger charge is 2.37. The summed E-state index contributed by atoms with van der Waals surface area (Å²) in [5.74, 6) is 0.663. The molecule has 1 aromatic heterocycles. The van der Waals surface area contributed by atoms with Crippen LogP contribution in [0, 0.1) is 11.7 Å². The Kier molecular flexibility index (Phi) is 6.81. The van der Waals surface area contributed by atoms with Gasteiger partial charge >= 0.3 is 0 Å². The highest BCUT2D eigenvalue weighted by Crippen LogP contribution is 2.45. The molecule has 2 aliphatic rings. The van der Waals surface area contributed by atoms with E-state index in [2.05, 4.69) is 24.0 Å². The van der Waals surface area contributed by atoms with E-state index in [1.165, 1.54) is 18.5 Å². The van der Waals surface area contributed by atoms with Crippen LogP contribution in [0.25, 0.3) is 0 Å². The lowest BCUT2D eigenvalue weighted by atomic mass is 9.84. The summed E-state index contributed by atoms with van der Waals surface area (Å²) in [7, 11) is -2.03. The molecule has 0 spiro atoms. The van der Waals surface area contributed by atoms with E-state index < -0.39 is 10.0 Å². The SMILES string of the molecule is CN=C[C@H]1CCN([C@H]2CCOc3cc(S(=O)(=O)Nc4ncns4)ccc32)[C@@H](c2ccc(F)cc2)C1. The summed E-state index contributed by atoms with van der Waals surface area (Å²) in [6.45, 7) is 1.33. The smallest absolute Gasteiger partial charge is 0.263 e. The van der Waals surface area contributed by atoms with Gasteiger partial charge in [0.25, 0.3) is 10.0 Å². The number of aromatic nitrogens is 2. The zero-order valence-corrected chi connectivity index (χ0v) is 20.8. The summed E-state index contributed by atoms with van der Waals surface area (Å²) in [6.07, 6.45) is 5.95. The largest absolute Gasteiger partial charge is 0.493 e. The Morgan fingerprint density at radius 1 is 1.20 bits per heavy atom. The van der Waals surface area contributed by atoms with Crippen LogP contribution < -0.4 is 9.46 Å². The fraction of sp³-hybridized carbons (Fsp3) is 0.375. The molecule has 0 amide bonds. The molecule has 1 fully saturated rings. The Bertz CT molecular complexity index is 1300. The lowest BCUT2D eigenvalue weighted by Gasteiger charge is -2.45. The van der Waals surface area contributed by atoms with Crippen LogP contribution in [0.4, 0.5) is 9.52 Å². The van der Waals surface area contributed by atoms with Gasteiger partial charge in [-0.1, -0.05) is 18.2 Å². The van der Waals surface area contributed by atoms with Gasteiger partial charge in [-0.15, -0.1) is 0 Å². The molecule has 2 aromatic carbocycles. The predicted octanol–water partition coefficient (Wildman–Crippen LogP) is 4.46. The van der Waals surface area contributed by atoms with Gasteiger partial charge in [0.1, 0.15) is 17.9 Å². The second-order valence-corrected chi connectivity index (χ2v) is 11.2. The number of piperidine rings is 1. The zero-order chi connectivity index (χ0) is 24.4. The van der Waals surface area contributed by atoms with E-state index >= 15 is 0 Å². The van der Waals surface area contributed by atoms with Crippen molar-refractivity contribution >= 4 is 32.9 Å². The summed E-state index contributed by atoms with van der Waals surface area (Å²) < 4.78 is 51.5. The minimum Gasteiger partial charge on any atom is -0.493 e. The Hall–Kier alpha value is -2.89. The first kappa shape index (κ1) is 23.8. The fourth-order valence-electron chi connectivity index (χ4n) is 5.00. The van der Waals surface area contributed by atoms with E-state index in [4.69, 9.17) is 4.74 Å². The lowest BCUT2D eigenvalue weighted by Crippen LogP contribution is -2.41. The molecule has 2 aliphatic heterocycles. The van der Waals surface area contributed by atoms with Crippen molar-refractivity contribution in [2.24, 2.45) is 10.9 Å². The van der Waals surface area contributed by atoms with Crippen molar-refractivity contribution in [3.63, 3.8) is 0 Å². The molecule has 1 saturated heterocycles. The molecule has 0 bridgehead atoms. The number of halogens is 1. The Labute approximate surface area is 208 Å². The molecule has 0 radical (unpaired) electrons. The van der Waals surface area contributed by atoms with Crippen molar-refractivity contribution in [3.8, 4) is 5.75 Å². The average molecular weight is 516 g/mol. The number of likely N-dealkylation sites (tertiary alicyclic amines) is 1. The maximum Gasteiger partial charge on any atom is 0.263 e. The van der Waals surface area contributed by atoms with Crippen molar-refractivity contribution in [2.75, 3.05) is 24.9 Å². The van der Waals surface area contributed by atoms with Gasteiger partial charge in [0.2, 0.25) is 5.13 Å². The summed E-state index contributed by atoms with van der Waals surface area (Å²) in [6, 6.07) is 11.9. The number of hydrogen-bond acceptors (Lipinski definition) is 8. The van der Waals surface area contributed by atoms with Crippen molar-refractivity contribution in [1.82, 2.24) is 14.3 Å². The monoisotopic (exact) mass is 515 g/mol. The highest BCUT2D eigenvalue weighted by atomic mass is 32.2. The molecule has 0 saturated carbocycles. The summed E-state index contributed by atoms with van der Waals surface area (Å²) in [4.78, 5) is 10.7. The number of sulfonamides is 1. The van der Waals surface area contributed by atoms with Crippen LogP contribution in [-0.2, 0) is 10.0 Å². The summed E-state index contributed by atoms with van der Waals surface area (Å²) in [5.41, 5.74) is 2.02. The molecular formula is C24H26FN5O3S2. The van der Waals surface area contributed by atoms with Gasteiger partial charge in [-0.2, -0.15) is 4.37 Å². The minimum atomic E-state index is -3.82. The van der Waals surface area contributed by atoms with E-state index in [1.54, 1.807) is 19.2 Å². The zero-order valence-electron chi connectivity index (χ0n) is 19.2. The average Bonchev–Trinajstić information content (AvgIpc) is 3.36. The third-order valence-corrected chi connectivity index (χ3v) is 8.63. The van der Waals surface area contributed by atoms with Gasteiger partial charge in [0.15, 0.2) is 0 Å². The van der Waals surface area contributed by atoms with Gasteiger partial charge in [-0.3, -0.25) is 9.62 Å². The molecule has 5 rings (SSSR count). The van der Waals surface area contributed by atoms with Gasteiger partial charge in [0, 0.05) is 54.9 Å². The van der Waals surface area contributed by atoms with E-state index in [1.807, 2.05) is 24.4 Å². The summed E-state index contributed by atoms with van der Waals surface area (Å²) >= 11 is 0.973.